The van der Waals surface area contributed by atoms with Crippen molar-refractivity contribution in [1.82, 2.24) is 30.0 Å². The Hall–Kier alpha value is -2.41. The average Bonchev–Trinajstić information content (AvgIpc) is 3.10. The van der Waals surface area contributed by atoms with E-state index in [-0.39, 0.29) is 44.3 Å². The van der Waals surface area contributed by atoms with Gasteiger partial charge in [0, 0.05) is 25.2 Å². The monoisotopic (exact) mass is 476 g/mol. The zero-order chi connectivity index (χ0) is 24.4. The van der Waals surface area contributed by atoms with Crippen LogP contribution in [0.15, 0.2) is 0 Å². The SMILES string of the molecule is C[C@H]1CCON(C[C@H](CC(=O)N2CCn3c(nnc3C(F)(F)F)C2)OC(=O)NC(C)(C)C)C1. The highest BCUT2D eigenvalue weighted by molar-refractivity contribution is 5.77. The lowest BCUT2D eigenvalue weighted by atomic mass is 10.1. The summed E-state index contributed by atoms with van der Waals surface area (Å²) in [5.74, 6) is -0.953. The molecule has 2 aliphatic rings. The molecule has 186 valence electrons. The number of hydrogen-bond acceptors (Lipinski definition) is 7. The quantitative estimate of drug-likeness (QED) is 0.695. The molecule has 10 nitrogen and oxygen atoms in total. The highest BCUT2D eigenvalue weighted by Gasteiger charge is 2.40. The maximum Gasteiger partial charge on any atom is 0.451 e. The van der Waals surface area contributed by atoms with E-state index in [9.17, 15) is 22.8 Å². The Kier molecular flexibility index (Phi) is 7.52. The van der Waals surface area contributed by atoms with Gasteiger partial charge in [-0.25, -0.2) is 4.79 Å². The van der Waals surface area contributed by atoms with Crippen molar-refractivity contribution in [2.75, 3.05) is 26.2 Å². The van der Waals surface area contributed by atoms with Crippen LogP contribution in [0.4, 0.5) is 18.0 Å². The minimum atomic E-state index is -4.61. The first kappa shape index (κ1) is 25.2. The fourth-order valence-corrected chi connectivity index (χ4v) is 3.76. The van der Waals surface area contributed by atoms with Crippen LogP contribution in [0, 0.1) is 5.92 Å². The Morgan fingerprint density at radius 2 is 1.97 bits per heavy atom. The molecule has 0 unspecified atom stereocenters. The maximum atomic E-state index is 13.1. The number of nitrogens with one attached hydrogen (secondary N) is 1. The van der Waals surface area contributed by atoms with Gasteiger partial charge in [0.25, 0.3) is 0 Å². The smallest absolute Gasteiger partial charge is 0.444 e. The first-order valence-electron chi connectivity index (χ1n) is 11.0. The van der Waals surface area contributed by atoms with Gasteiger partial charge in [0.1, 0.15) is 6.10 Å². The number of carbonyl (C=O) groups is 2. The fraction of sp³-hybridized carbons (Fsp3) is 0.800. The molecule has 0 aromatic carbocycles. The lowest BCUT2D eigenvalue weighted by molar-refractivity contribution is -0.204. The molecule has 3 heterocycles. The number of alkyl halides is 3. The summed E-state index contributed by atoms with van der Waals surface area (Å²) in [5.41, 5.74) is -0.519. The van der Waals surface area contributed by atoms with E-state index in [1.807, 2.05) is 20.8 Å². The summed E-state index contributed by atoms with van der Waals surface area (Å²) >= 11 is 0. The van der Waals surface area contributed by atoms with E-state index in [0.717, 1.165) is 11.0 Å². The summed E-state index contributed by atoms with van der Waals surface area (Å²) in [6.07, 6.45) is -5.27. The number of hydrogen-bond donors (Lipinski definition) is 1. The Labute approximate surface area is 190 Å². The highest BCUT2D eigenvalue weighted by Crippen LogP contribution is 2.29. The number of nitrogens with zero attached hydrogens (tertiary/aromatic N) is 5. The highest BCUT2D eigenvalue weighted by atomic mass is 19.4. The van der Waals surface area contributed by atoms with Gasteiger partial charge in [-0.05, 0) is 33.1 Å². The maximum absolute atomic E-state index is 13.1. The van der Waals surface area contributed by atoms with Gasteiger partial charge in [-0.1, -0.05) is 6.92 Å². The van der Waals surface area contributed by atoms with E-state index in [0.29, 0.717) is 19.1 Å². The molecule has 1 fully saturated rings. The number of alkyl carbamates (subject to hydrolysis) is 1. The number of aromatic nitrogens is 3. The standard InChI is InChI=1S/C20H31F3N6O4/c1-13-5-8-32-28(10-13)11-14(33-18(31)24-19(2,3)4)9-16(30)27-6-7-29-15(12-27)25-26-17(29)20(21,22)23/h13-14H,5-12H2,1-4H3,(H,24,31)/t13-,14-/m0/s1. The fourth-order valence-electron chi connectivity index (χ4n) is 3.76. The van der Waals surface area contributed by atoms with Crippen LogP contribution in [-0.4, -0.2) is 74.6 Å². The number of amides is 2. The molecule has 0 bridgehead atoms. The van der Waals surface area contributed by atoms with Gasteiger partial charge in [0.2, 0.25) is 11.7 Å². The van der Waals surface area contributed by atoms with Gasteiger partial charge in [-0.2, -0.15) is 18.2 Å². The minimum Gasteiger partial charge on any atom is -0.444 e. The molecule has 3 rings (SSSR count). The molecule has 1 aromatic heterocycles. The molecule has 1 N–H and O–H groups in total. The van der Waals surface area contributed by atoms with Crippen molar-refractivity contribution in [2.24, 2.45) is 5.92 Å². The molecule has 0 radical (unpaired) electrons. The Bertz CT molecular complexity index is 854. The number of halogens is 3. The van der Waals surface area contributed by atoms with Crippen molar-refractivity contribution < 1.29 is 32.3 Å². The van der Waals surface area contributed by atoms with Crippen LogP contribution in [0.25, 0.3) is 0 Å². The van der Waals surface area contributed by atoms with Gasteiger partial charge in [0.15, 0.2) is 5.82 Å². The van der Waals surface area contributed by atoms with Crippen LogP contribution in [0.1, 0.15) is 52.2 Å². The van der Waals surface area contributed by atoms with Gasteiger partial charge < -0.3 is 19.5 Å². The summed E-state index contributed by atoms with van der Waals surface area (Å²) in [6.45, 7) is 8.81. The molecule has 0 saturated carbocycles. The van der Waals surface area contributed by atoms with Gasteiger partial charge >= 0.3 is 12.3 Å². The van der Waals surface area contributed by atoms with Crippen LogP contribution >= 0.6 is 0 Å². The third kappa shape index (κ3) is 7.03. The number of fused-ring (bicyclic) bond motifs is 1. The molecule has 2 aliphatic heterocycles. The molecular formula is C20H31F3N6O4. The third-order valence-corrected chi connectivity index (χ3v) is 5.32. The van der Waals surface area contributed by atoms with Crippen molar-refractivity contribution in [1.29, 1.82) is 0 Å². The summed E-state index contributed by atoms with van der Waals surface area (Å²) < 4.78 is 45.7. The molecule has 0 aliphatic carbocycles. The molecule has 2 atom stereocenters. The third-order valence-electron chi connectivity index (χ3n) is 5.32. The predicted molar refractivity (Wildman–Crippen MR) is 110 cm³/mol. The minimum absolute atomic E-state index is 0.0638. The second kappa shape index (κ2) is 9.84. The van der Waals surface area contributed by atoms with Crippen LogP contribution in [0.2, 0.25) is 0 Å². The van der Waals surface area contributed by atoms with Crippen LogP contribution in [0.5, 0.6) is 0 Å². The normalized spacial score (nSPS) is 20.8. The number of hydroxylamine groups is 2. The van der Waals surface area contributed by atoms with E-state index >= 15 is 0 Å². The first-order valence-corrected chi connectivity index (χ1v) is 11.0. The van der Waals surface area contributed by atoms with Gasteiger partial charge in [0.05, 0.1) is 26.1 Å². The van der Waals surface area contributed by atoms with Gasteiger partial charge in [-0.3, -0.25) is 9.63 Å². The van der Waals surface area contributed by atoms with E-state index < -0.39 is 29.7 Å². The van der Waals surface area contributed by atoms with E-state index in [1.54, 1.807) is 5.06 Å². The summed E-state index contributed by atoms with van der Waals surface area (Å²) in [6, 6.07) is 0. The van der Waals surface area contributed by atoms with Crippen molar-refractivity contribution in [3.63, 3.8) is 0 Å². The number of carbonyl (C=O) groups excluding carboxylic acids is 2. The van der Waals surface area contributed by atoms with Crippen LogP contribution in [0.3, 0.4) is 0 Å². The molecule has 2 amide bonds. The predicted octanol–water partition coefficient (Wildman–Crippen LogP) is 2.20. The van der Waals surface area contributed by atoms with Crippen molar-refractivity contribution in [3.05, 3.63) is 11.6 Å². The van der Waals surface area contributed by atoms with E-state index in [4.69, 9.17) is 9.57 Å². The lowest BCUT2D eigenvalue weighted by Crippen LogP contribution is -2.47. The summed E-state index contributed by atoms with van der Waals surface area (Å²) in [7, 11) is 0. The number of rotatable bonds is 5. The van der Waals surface area contributed by atoms with Crippen molar-refractivity contribution >= 4 is 12.0 Å². The topological polar surface area (TPSA) is 102 Å². The van der Waals surface area contributed by atoms with Crippen LogP contribution in [-0.2, 0) is 33.6 Å². The molecule has 1 saturated heterocycles. The number of ether oxygens (including phenoxy) is 1. The second-order valence-electron chi connectivity index (χ2n) is 9.58. The summed E-state index contributed by atoms with van der Waals surface area (Å²) in [4.78, 5) is 32.4. The second-order valence-corrected chi connectivity index (χ2v) is 9.58. The lowest BCUT2D eigenvalue weighted by Gasteiger charge is -2.34. The Morgan fingerprint density at radius 3 is 2.61 bits per heavy atom. The molecular weight excluding hydrogens is 445 g/mol. The van der Waals surface area contributed by atoms with Gasteiger partial charge in [-0.15, -0.1) is 10.2 Å². The first-order chi connectivity index (χ1) is 15.3. The average molecular weight is 477 g/mol. The molecule has 1 aromatic rings. The van der Waals surface area contributed by atoms with E-state index in [2.05, 4.69) is 22.4 Å². The van der Waals surface area contributed by atoms with E-state index in [1.165, 1.54) is 4.90 Å². The van der Waals surface area contributed by atoms with Crippen LogP contribution < -0.4 is 5.32 Å². The largest absolute Gasteiger partial charge is 0.451 e. The zero-order valence-electron chi connectivity index (χ0n) is 19.3. The Morgan fingerprint density at radius 1 is 1.24 bits per heavy atom. The van der Waals surface area contributed by atoms with Crippen molar-refractivity contribution in [3.8, 4) is 0 Å². The molecule has 13 heteroatoms. The molecule has 0 spiro atoms. The zero-order valence-corrected chi connectivity index (χ0v) is 19.3. The Balaban J connectivity index is 1.66. The molecule has 33 heavy (non-hydrogen) atoms. The van der Waals surface area contributed by atoms with Crippen molar-refractivity contribution in [2.45, 2.75) is 71.4 Å². The summed E-state index contributed by atoms with van der Waals surface area (Å²) in [5, 5.41) is 11.2.